The number of hydrogen-bond donors (Lipinski definition) is 0. The molecule has 0 aliphatic carbocycles. The molecule has 0 saturated heterocycles. The van der Waals surface area contributed by atoms with Crippen molar-refractivity contribution in [3.63, 3.8) is 0 Å². The fourth-order valence-electron chi connectivity index (χ4n) is 7.35. The van der Waals surface area contributed by atoms with Crippen molar-refractivity contribution < 1.29 is 0 Å². The van der Waals surface area contributed by atoms with Gasteiger partial charge in [-0.2, -0.15) is 0 Å². The van der Waals surface area contributed by atoms with Crippen LogP contribution < -0.4 is 0 Å². The van der Waals surface area contributed by atoms with E-state index in [1.165, 1.54) is 43.1 Å². The number of nitrogens with zero attached hydrogens (tertiary/aromatic N) is 4. The fraction of sp³-hybridized carbons (Fsp3) is 0. The summed E-state index contributed by atoms with van der Waals surface area (Å²) >= 11 is 0. The van der Waals surface area contributed by atoms with Gasteiger partial charge < -0.3 is 4.57 Å². The average molecular weight is 625 g/mol. The van der Waals surface area contributed by atoms with Crippen LogP contribution >= 0.6 is 0 Å². The summed E-state index contributed by atoms with van der Waals surface area (Å²) in [6.45, 7) is 0. The van der Waals surface area contributed by atoms with E-state index in [1.54, 1.807) is 0 Å². The highest BCUT2D eigenvalue weighted by molar-refractivity contribution is 6.20. The summed E-state index contributed by atoms with van der Waals surface area (Å²) in [5.74, 6) is 1.91. The monoisotopic (exact) mass is 624 g/mol. The normalized spacial score (nSPS) is 11.7. The van der Waals surface area contributed by atoms with Gasteiger partial charge in [-0.15, -0.1) is 0 Å². The molecule has 10 aromatic rings. The molecule has 0 fully saturated rings. The molecule has 0 radical (unpaired) electrons. The summed E-state index contributed by atoms with van der Waals surface area (Å²) in [6.07, 6.45) is 0. The van der Waals surface area contributed by atoms with Crippen LogP contribution in [0.15, 0.2) is 170 Å². The van der Waals surface area contributed by atoms with Gasteiger partial charge in [0.25, 0.3) is 0 Å². The van der Waals surface area contributed by atoms with Crippen molar-refractivity contribution in [1.82, 2.24) is 19.5 Å². The summed E-state index contributed by atoms with van der Waals surface area (Å²) in [5, 5.41) is 9.71. The van der Waals surface area contributed by atoms with Gasteiger partial charge in [0.2, 0.25) is 0 Å². The maximum atomic E-state index is 5.24. The molecular weight excluding hydrogens is 597 g/mol. The van der Waals surface area contributed by atoms with Crippen LogP contribution in [0.4, 0.5) is 0 Å². The molecule has 8 aromatic carbocycles. The summed E-state index contributed by atoms with van der Waals surface area (Å²) in [5.41, 5.74) is 6.13. The Balaban J connectivity index is 1.24. The van der Waals surface area contributed by atoms with Gasteiger partial charge in [-0.25, -0.2) is 15.0 Å². The predicted octanol–water partition coefficient (Wildman–Crippen LogP) is 11.4. The average Bonchev–Trinajstić information content (AvgIpc) is 3.52. The molecule has 49 heavy (non-hydrogen) atoms. The van der Waals surface area contributed by atoms with Crippen LogP contribution in [-0.2, 0) is 0 Å². The zero-order valence-corrected chi connectivity index (χ0v) is 26.5. The molecule has 0 N–H and O–H groups in total. The number of para-hydroxylation sites is 3. The van der Waals surface area contributed by atoms with Crippen molar-refractivity contribution in [3.8, 4) is 39.9 Å². The Labute approximate surface area is 282 Å². The Hall–Kier alpha value is -6.65. The number of benzene rings is 8. The van der Waals surface area contributed by atoms with Crippen molar-refractivity contribution >= 4 is 54.1 Å². The second kappa shape index (κ2) is 11.0. The molecule has 228 valence electrons. The van der Waals surface area contributed by atoms with E-state index in [1.807, 2.05) is 18.2 Å². The van der Waals surface area contributed by atoms with Crippen LogP contribution in [0.3, 0.4) is 0 Å². The van der Waals surface area contributed by atoms with Crippen LogP contribution in [0.5, 0.6) is 0 Å². The molecule has 0 aliphatic rings. The van der Waals surface area contributed by atoms with Crippen LogP contribution in [0.1, 0.15) is 0 Å². The first kappa shape index (κ1) is 27.5. The molecule has 10 rings (SSSR count). The van der Waals surface area contributed by atoms with E-state index in [0.717, 1.165) is 33.4 Å². The first-order valence-electron chi connectivity index (χ1n) is 16.5. The summed E-state index contributed by atoms with van der Waals surface area (Å²) in [6, 6.07) is 59.7. The highest BCUT2D eigenvalue weighted by atomic mass is 15.1. The van der Waals surface area contributed by atoms with Crippen molar-refractivity contribution in [2.24, 2.45) is 0 Å². The maximum absolute atomic E-state index is 5.24. The summed E-state index contributed by atoms with van der Waals surface area (Å²) in [4.78, 5) is 15.5. The third-order valence-electron chi connectivity index (χ3n) is 9.62. The van der Waals surface area contributed by atoms with Gasteiger partial charge in [-0.3, -0.25) is 0 Å². The molecule has 2 heterocycles. The van der Waals surface area contributed by atoms with E-state index in [0.29, 0.717) is 17.5 Å². The van der Waals surface area contributed by atoms with E-state index in [-0.39, 0.29) is 0 Å². The molecule has 0 unspecified atom stereocenters. The highest BCUT2D eigenvalue weighted by Crippen LogP contribution is 2.37. The van der Waals surface area contributed by atoms with Gasteiger partial charge in [-0.1, -0.05) is 140 Å². The fourth-order valence-corrected chi connectivity index (χ4v) is 7.35. The van der Waals surface area contributed by atoms with Crippen molar-refractivity contribution in [1.29, 1.82) is 0 Å². The lowest BCUT2D eigenvalue weighted by atomic mass is 9.95. The van der Waals surface area contributed by atoms with Crippen molar-refractivity contribution in [2.75, 3.05) is 0 Å². The number of rotatable bonds is 4. The van der Waals surface area contributed by atoms with Gasteiger partial charge in [-0.05, 0) is 62.6 Å². The third kappa shape index (κ3) is 4.42. The molecule has 0 bridgehead atoms. The number of aromatic nitrogens is 4. The van der Waals surface area contributed by atoms with Gasteiger partial charge in [0, 0.05) is 27.5 Å². The lowest BCUT2D eigenvalue weighted by Gasteiger charge is -2.15. The highest BCUT2D eigenvalue weighted by Gasteiger charge is 2.19. The SMILES string of the molecule is c1ccc(-c2nc(-c3ccc4ccc5ccc6ccccc6c5c4c3)nc(-c3ccccc3-n3c4ccccc4c4ccccc43)n2)cc1. The topological polar surface area (TPSA) is 43.6 Å². The summed E-state index contributed by atoms with van der Waals surface area (Å²) < 4.78 is 2.33. The second-order valence-electron chi connectivity index (χ2n) is 12.4. The first-order valence-corrected chi connectivity index (χ1v) is 16.5. The second-order valence-corrected chi connectivity index (χ2v) is 12.4. The molecule has 0 amide bonds. The zero-order chi connectivity index (χ0) is 32.3. The summed E-state index contributed by atoms with van der Waals surface area (Å²) in [7, 11) is 0. The van der Waals surface area contributed by atoms with Crippen LogP contribution in [0.25, 0.3) is 94.0 Å². The molecule has 0 saturated carbocycles. The molecule has 4 nitrogen and oxygen atoms in total. The van der Waals surface area contributed by atoms with Crippen LogP contribution in [0.2, 0.25) is 0 Å². The molecular formula is C45H28N4. The van der Waals surface area contributed by atoms with E-state index in [4.69, 9.17) is 15.0 Å². The Bertz CT molecular complexity index is 2830. The molecule has 0 spiro atoms. The van der Waals surface area contributed by atoms with E-state index in [2.05, 4.69) is 156 Å². The van der Waals surface area contributed by atoms with E-state index >= 15 is 0 Å². The zero-order valence-electron chi connectivity index (χ0n) is 26.5. The van der Waals surface area contributed by atoms with Crippen LogP contribution in [-0.4, -0.2) is 19.5 Å². The molecule has 0 aliphatic heterocycles. The molecule has 4 heteroatoms. The van der Waals surface area contributed by atoms with Gasteiger partial charge in [0.05, 0.1) is 16.7 Å². The van der Waals surface area contributed by atoms with Crippen molar-refractivity contribution in [3.05, 3.63) is 170 Å². The predicted molar refractivity (Wildman–Crippen MR) is 203 cm³/mol. The maximum Gasteiger partial charge on any atom is 0.166 e. The minimum Gasteiger partial charge on any atom is -0.309 e. The van der Waals surface area contributed by atoms with E-state index in [9.17, 15) is 0 Å². The smallest absolute Gasteiger partial charge is 0.166 e. The Morgan fingerprint density at radius 2 is 0.878 bits per heavy atom. The quantitative estimate of drug-likeness (QED) is 0.183. The lowest BCUT2D eigenvalue weighted by molar-refractivity contribution is 1.06. The minimum absolute atomic E-state index is 0.629. The number of hydrogen-bond acceptors (Lipinski definition) is 3. The van der Waals surface area contributed by atoms with Gasteiger partial charge >= 0.3 is 0 Å². The lowest BCUT2D eigenvalue weighted by Crippen LogP contribution is -2.03. The Kier molecular flexibility index (Phi) is 6.15. The minimum atomic E-state index is 0.629. The standard InChI is InChI=1S/C45H28N4/c1-2-13-32(14-3-1)43-46-44(33-27-24-30-23-26-31-25-22-29-12-4-5-15-34(29)42(31)38(30)28-33)48-45(47-43)37-18-8-11-21-41(37)49-39-19-9-6-16-35(39)36-17-7-10-20-40(36)49/h1-28H. The number of fused-ring (bicyclic) bond motifs is 8. The van der Waals surface area contributed by atoms with Gasteiger partial charge in [0.15, 0.2) is 17.5 Å². The van der Waals surface area contributed by atoms with E-state index < -0.39 is 0 Å². The molecule has 2 aromatic heterocycles. The third-order valence-corrected chi connectivity index (χ3v) is 9.62. The first-order chi connectivity index (χ1) is 24.3. The Morgan fingerprint density at radius 3 is 1.63 bits per heavy atom. The van der Waals surface area contributed by atoms with Gasteiger partial charge in [0.1, 0.15) is 0 Å². The molecule has 0 atom stereocenters. The van der Waals surface area contributed by atoms with Crippen molar-refractivity contribution in [2.45, 2.75) is 0 Å². The Morgan fingerprint density at radius 1 is 0.347 bits per heavy atom. The van der Waals surface area contributed by atoms with Crippen LogP contribution in [0, 0.1) is 0 Å². The largest absolute Gasteiger partial charge is 0.309 e.